The van der Waals surface area contributed by atoms with Gasteiger partial charge in [-0.1, -0.05) is 36.4 Å². The number of likely N-dealkylation sites (tertiary alicyclic amines) is 1. The zero-order valence-corrected chi connectivity index (χ0v) is 19.4. The molecule has 1 aromatic carbocycles. The molecular formula is C24H33NO6. The Bertz CT molecular complexity index is 832. The Labute approximate surface area is 184 Å². The Balaban J connectivity index is 2.54. The number of hydrogen-bond acceptors (Lipinski definition) is 6. The van der Waals surface area contributed by atoms with Gasteiger partial charge in [-0.2, -0.15) is 0 Å². The summed E-state index contributed by atoms with van der Waals surface area (Å²) in [5.74, 6) is -1.20. The fraction of sp³-hybridized carbons (Fsp3) is 0.542. The van der Waals surface area contributed by atoms with Gasteiger partial charge in [-0.15, -0.1) is 0 Å². The van der Waals surface area contributed by atoms with Crippen molar-refractivity contribution in [2.75, 3.05) is 6.61 Å². The zero-order chi connectivity index (χ0) is 23.4. The summed E-state index contributed by atoms with van der Waals surface area (Å²) in [6.45, 7) is 12.3. The van der Waals surface area contributed by atoms with Crippen LogP contribution in [-0.4, -0.2) is 52.8 Å². The van der Waals surface area contributed by atoms with Gasteiger partial charge in [-0.05, 0) is 59.6 Å². The Morgan fingerprint density at radius 1 is 0.968 bits per heavy atom. The SMILES string of the molecule is CCOC(=O)[C@@H]1/C(=C\c2ccccc2)C[C@@H](C(=O)OC(C)(C)C)N1C(=O)OC(C)(C)C. The van der Waals surface area contributed by atoms with Crippen molar-refractivity contribution in [3.05, 3.63) is 41.5 Å². The lowest BCUT2D eigenvalue weighted by Gasteiger charge is -2.32. The number of ether oxygens (including phenoxy) is 3. The number of carbonyl (C=O) groups excluding carboxylic acids is 3. The van der Waals surface area contributed by atoms with Crippen LogP contribution in [0.25, 0.3) is 6.08 Å². The molecule has 1 aliphatic heterocycles. The molecule has 1 amide bonds. The molecule has 0 unspecified atom stereocenters. The minimum atomic E-state index is -1.08. The minimum absolute atomic E-state index is 0.145. The second-order valence-electron chi connectivity index (χ2n) is 9.43. The van der Waals surface area contributed by atoms with Gasteiger partial charge in [0.05, 0.1) is 6.61 Å². The summed E-state index contributed by atoms with van der Waals surface area (Å²) in [7, 11) is 0. The molecule has 0 bridgehead atoms. The molecule has 0 N–H and O–H groups in total. The summed E-state index contributed by atoms with van der Waals surface area (Å²) >= 11 is 0. The highest BCUT2D eigenvalue weighted by Crippen LogP contribution is 2.35. The molecule has 31 heavy (non-hydrogen) atoms. The maximum atomic E-state index is 13.1. The van der Waals surface area contributed by atoms with Crippen LogP contribution in [0.2, 0.25) is 0 Å². The lowest BCUT2D eigenvalue weighted by atomic mass is 10.0. The number of nitrogens with zero attached hydrogens (tertiary/aromatic N) is 1. The summed E-state index contributed by atoms with van der Waals surface area (Å²) in [5.41, 5.74) is -0.116. The molecule has 0 aromatic heterocycles. The number of benzene rings is 1. The van der Waals surface area contributed by atoms with Crippen LogP contribution in [0.3, 0.4) is 0 Å². The highest BCUT2D eigenvalue weighted by molar-refractivity contribution is 5.92. The smallest absolute Gasteiger partial charge is 0.412 e. The molecule has 2 atom stereocenters. The van der Waals surface area contributed by atoms with Crippen LogP contribution in [0.15, 0.2) is 35.9 Å². The van der Waals surface area contributed by atoms with E-state index in [1.165, 1.54) is 0 Å². The number of carbonyl (C=O) groups is 3. The van der Waals surface area contributed by atoms with E-state index < -0.39 is 41.3 Å². The second kappa shape index (κ2) is 9.54. The lowest BCUT2D eigenvalue weighted by Crippen LogP contribution is -2.51. The van der Waals surface area contributed by atoms with E-state index in [1.807, 2.05) is 36.4 Å². The molecule has 1 heterocycles. The van der Waals surface area contributed by atoms with Crippen molar-refractivity contribution in [1.29, 1.82) is 0 Å². The molecule has 1 aliphatic rings. The van der Waals surface area contributed by atoms with Crippen LogP contribution in [0.1, 0.15) is 60.5 Å². The molecule has 1 fully saturated rings. The maximum Gasteiger partial charge on any atom is 0.412 e. The van der Waals surface area contributed by atoms with Gasteiger partial charge in [-0.3, -0.25) is 4.90 Å². The third-order valence-corrected chi connectivity index (χ3v) is 4.34. The molecular weight excluding hydrogens is 398 g/mol. The van der Waals surface area contributed by atoms with Gasteiger partial charge in [-0.25, -0.2) is 14.4 Å². The molecule has 0 aliphatic carbocycles. The Morgan fingerprint density at radius 2 is 1.55 bits per heavy atom. The fourth-order valence-corrected chi connectivity index (χ4v) is 3.29. The highest BCUT2D eigenvalue weighted by Gasteiger charge is 2.50. The van der Waals surface area contributed by atoms with Crippen molar-refractivity contribution in [3.63, 3.8) is 0 Å². The van der Waals surface area contributed by atoms with Crippen LogP contribution in [0, 0.1) is 0 Å². The molecule has 7 nitrogen and oxygen atoms in total. The van der Waals surface area contributed by atoms with Crippen molar-refractivity contribution in [2.24, 2.45) is 0 Å². The van der Waals surface area contributed by atoms with Crippen molar-refractivity contribution < 1.29 is 28.6 Å². The first-order valence-electron chi connectivity index (χ1n) is 10.5. The molecule has 7 heteroatoms. The summed E-state index contributed by atoms with van der Waals surface area (Å²) in [5, 5.41) is 0. The number of esters is 2. The predicted molar refractivity (Wildman–Crippen MR) is 117 cm³/mol. The Hall–Kier alpha value is -2.83. The topological polar surface area (TPSA) is 82.1 Å². The van der Waals surface area contributed by atoms with E-state index in [4.69, 9.17) is 14.2 Å². The van der Waals surface area contributed by atoms with Gasteiger partial charge in [0.15, 0.2) is 6.04 Å². The normalized spacial score (nSPS) is 20.5. The van der Waals surface area contributed by atoms with E-state index >= 15 is 0 Å². The largest absolute Gasteiger partial charge is 0.464 e. The van der Waals surface area contributed by atoms with Crippen LogP contribution >= 0.6 is 0 Å². The van der Waals surface area contributed by atoms with E-state index in [9.17, 15) is 14.4 Å². The molecule has 0 saturated carbocycles. The van der Waals surface area contributed by atoms with Crippen LogP contribution in [0.5, 0.6) is 0 Å². The summed E-state index contributed by atoms with van der Waals surface area (Å²) in [6.07, 6.45) is 1.19. The molecule has 0 radical (unpaired) electrons. The van der Waals surface area contributed by atoms with Crippen molar-refractivity contribution in [3.8, 4) is 0 Å². The van der Waals surface area contributed by atoms with Gasteiger partial charge in [0.1, 0.15) is 17.2 Å². The quantitative estimate of drug-likeness (QED) is 0.521. The van der Waals surface area contributed by atoms with Gasteiger partial charge in [0.25, 0.3) is 0 Å². The summed E-state index contributed by atoms with van der Waals surface area (Å²) < 4.78 is 16.3. The number of hydrogen-bond donors (Lipinski definition) is 0. The molecule has 1 aromatic rings. The number of rotatable bonds is 4. The minimum Gasteiger partial charge on any atom is -0.464 e. The maximum absolute atomic E-state index is 13.1. The summed E-state index contributed by atoms with van der Waals surface area (Å²) in [4.78, 5) is 40.2. The number of amides is 1. The van der Waals surface area contributed by atoms with Crippen LogP contribution in [-0.2, 0) is 23.8 Å². The fourth-order valence-electron chi connectivity index (χ4n) is 3.29. The van der Waals surface area contributed by atoms with Gasteiger partial charge in [0, 0.05) is 6.42 Å². The van der Waals surface area contributed by atoms with Gasteiger partial charge < -0.3 is 14.2 Å². The summed E-state index contributed by atoms with van der Waals surface area (Å²) in [6, 6.07) is 7.32. The third kappa shape index (κ3) is 6.84. The van der Waals surface area contributed by atoms with Crippen molar-refractivity contribution >= 4 is 24.1 Å². The Kier molecular flexibility index (Phi) is 7.52. The third-order valence-electron chi connectivity index (χ3n) is 4.34. The average molecular weight is 432 g/mol. The van der Waals surface area contributed by atoms with E-state index in [0.29, 0.717) is 5.57 Å². The van der Waals surface area contributed by atoms with Crippen molar-refractivity contribution in [2.45, 2.75) is 78.2 Å². The second-order valence-corrected chi connectivity index (χ2v) is 9.43. The molecule has 0 spiro atoms. The average Bonchev–Trinajstić information content (AvgIpc) is 2.99. The van der Waals surface area contributed by atoms with Crippen molar-refractivity contribution in [1.82, 2.24) is 4.90 Å². The Morgan fingerprint density at radius 3 is 2.06 bits per heavy atom. The molecule has 1 saturated heterocycles. The first-order valence-corrected chi connectivity index (χ1v) is 10.5. The van der Waals surface area contributed by atoms with Crippen LogP contribution < -0.4 is 0 Å². The molecule has 2 rings (SSSR count). The van der Waals surface area contributed by atoms with Gasteiger partial charge in [0.2, 0.25) is 0 Å². The highest BCUT2D eigenvalue weighted by atomic mass is 16.6. The molecule has 170 valence electrons. The van der Waals surface area contributed by atoms with E-state index in [-0.39, 0.29) is 13.0 Å². The van der Waals surface area contributed by atoms with Crippen LogP contribution in [0.4, 0.5) is 4.79 Å². The van der Waals surface area contributed by atoms with E-state index in [0.717, 1.165) is 10.5 Å². The lowest BCUT2D eigenvalue weighted by molar-refractivity contribution is -0.161. The first-order chi connectivity index (χ1) is 14.3. The first kappa shape index (κ1) is 24.4. The predicted octanol–water partition coefficient (Wildman–Crippen LogP) is 4.35. The van der Waals surface area contributed by atoms with E-state index in [1.54, 1.807) is 48.5 Å². The van der Waals surface area contributed by atoms with Gasteiger partial charge >= 0.3 is 18.0 Å². The van der Waals surface area contributed by atoms with E-state index in [2.05, 4.69) is 0 Å². The zero-order valence-electron chi connectivity index (χ0n) is 19.4. The standard InChI is InChI=1S/C24H33NO6/c1-8-29-21(27)19-17(14-16-12-10-9-11-13-16)15-18(20(26)30-23(2,3)4)25(19)22(28)31-24(5,6)7/h9-14,18-19H,8,15H2,1-7H3/b17-14-/t18-,19-/m0/s1. The monoisotopic (exact) mass is 431 g/mol.